The van der Waals surface area contributed by atoms with E-state index >= 15 is 0 Å². The molecule has 148 valence electrons. The summed E-state index contributed by atoms with van der Waals surface area (Å²) in [6.45, 7) is 2.22. The zero-order valence-electron chi connectivity index (χ0n) is 15.7. The van der Waals surface area contributed by atoms with E-state index in [9.17, 15) is 13.5 Å². The van der Waals surface area contributed by atoms with Gasteiger partial charge in [0.2, 0.25) is 0 Å². The molecule has 27 heavy (non-hydrogen) atoms. The summed E-state index contributed by atoms with van der Waals surface area (Å²) in [5.41, 5.74) is 1.07. The molecule has 6 heteroatoms. The van der Waals surface area contributed by atoms with Crippen molar-refractivity contribution in [2.24, 2.45) is 0 Å². The van der Waals surface area contributed by atoms with E-state index in [1.165, 1.54) is 50.7 Å². The van der Waals surface area contributed by atoms with Crippen molar-refractivity contribution in [3.63, 3.8) is 0 Å². The molecule has 0 amide bonds. The molecule has 0 aliphatic carbocycles. The van der Waals surface area contributed by atoms with E-state index in [2.05, 4.69) is 6.92 Å². The Morgan fingerprint density at radius 2 is 1.59 bits per heavy atom. The van der Waals surface area contributed by atoms with E-state index < -0.39 is 20.8 Å². The molecule has 2 aromatic rings. The van der Waals surface area contributed by atoms with Crippen LogP contribution in [0.1, 0.15) is 57.4 Å². The lowest BCUT2D eigenvalue weighted by Crippen LogP contribution is -1.99. The molecule has 0 aliphatic rings. The van der Waals surface area contributed by atoms with Crippen molar-refractivity contribution in [2.45, 2.75) is 63.2 Å². The first-order chi connectivity index (χ1) is 12.9. The largest absolute Gasteiger partial charge is 0.506 e. The average molecular weight is 393 g/mol. The molecule has 0 saturated heterocycles. The summed E-state index contributed by atoms with van der Waals surface area (Å²) in [5, 5.41) is 9.82. The van der Waals surface area contributed by atoms with Crippen molar-refractivity contribution in [3.05, 3.63) is 48.0 Å². The van der Waals surface area contributed by atoms with Crippen molar-refractivity contribution < 1.29 is 22.8 Å². The van der Waals surface area contributed by atoms with Gasteiger partial charge in [-0.1, -0.05) is 63.6 Å². The highest BCUT2D eigenvalue weighted by Gasteiger charge is 2.16. The summed E-state index contributed by atoms with van der Waals surface area (Å²) in [5.74, 6) is 0.453. The van der Waals surface area contributed by atoms with Crippen LogP contribution in [0.25, 0.3) is 0 Å². The SMILES string of the molecule is CCCCCCCCCc1ccccc1Oc1ccc(S(=O)(=O)O)c(O)c1. The Kier molecular flexibility index (Phi) is 8.13. The van der Waals surface area contributed by atoms with Crippen LogP contribution in [0.3, 0.4) is 0 Å². The Morgan fingerprint density at radius 3 is 2.26 bits per heavy atom. The lowest BCUT2D eigenvalue weighted by Gasteiger charge is -2.12. The Morgan fingerprint density at radius 1 is 0.926 bits per heavy atom. The Labute approximate surface area is 161 Å². The number of rotatable bonds is 11. The standard InChI is InChI=1S/C21H28O5S/c1-2-3-4-5-6-7-8-11-17-12-9-10-13-20(17)26-18-14-15-21(19(22)16-18)27(23,24)25/h9-10,12-16,22H,2-8,11H2,1H3,(H,23,24,25). The molecule has 0 fully saturated rings. The molecule has 0 aliphatic heterocycles. The Hall–Kier alpha value is -2.05. The fraction of sp³-hybridized carbons (Fsp3) is 0.429. The van der Waals surface area contributed by atoms with Crippen LogP contribution in [0, 0.1) is 0 Å². The molecule has 0 bridgehead atoms. The second-order valence-electron chi connectivity index (χ2n) is 6.69. The van der Waals surface area contributed by atoms with E-state index in [0.717, 1.165) is 24.5 Å². The summed E-state index contributed by atoms with van der Waals surface area (Å²) in [7, 11) is -4.46. The first kappa shape index (κ1) is 21.3. The van der Waals surface area contributed by atoms with Gasteiger partial charge in [-0.15, -0.1) is 0 Å². The monoisotopic (exact) mass is 392 g/mol. The van der Waals surface area contributed by atoms with E-state index in [1.807, 2.05) is 24.3 Å². The third-order valence-electron chi connectivity index (χ3n) is 4.46. The molecule has 2 aromatic carbocycles. The first-order valence-corrected chi connectivity index (χ1v) is 10.9. The molecule has 0 heterocycles. The Balaban J connectivity index is 1.96. The minimum atomic E-state index is -4.46. The summed E-state index contributed by atoms with van der Waals surface area (Å²) < 4.78 is 37.2. The van der Waals surface area contributed by atoms with Crippen LogP contribution in [-0.4, -0.2) is 18.1 Å². The maximum Gasteiger partial charge on any atom is 0.298 e. The lowest BCUT2D eigenvalue weighted by atomic mass is 10.0. The number of aryl methyl sites for hydroxylation is 1. The quantitative estimate of drug-likeness (QED) is 0.377. The van der Waals surface area contributed by atoms with Crippen LogP contribution in [0.2, 0.25) is 0 Å². The predicted molar refractivity (Wildman–Crippen MR) is 106 cm³/mol. The maximum atomic E-state index is 11.2. The van der Waals surface area contributed by atoms with Gasteiger partial charge in [0, 0.05) is 6.07 Å². The second-order valence-corrected chi connectivity index (χ2v) is 8.08. The van der Waals surface area contributed by atoms with Crippen molar-refractivity contribution in [2.75, 3.05) is 0 Å². The molecule has 0 unspecified atom stereocenters. The average Bonchev–Trinajstić information content (AvgIpc) is 2.61. The predicted octanol–water partition coefficient (Wildman–Crippen LogP) is 5.72. The highest BCUT2D eigenvalue weighted by atomic mass is 32.2. The molecule has 2 rings (SSSR count). The molecule has 0 aromatic heterocycles. The lowest BCUT2D eigenvalue weighted by molar-refractivity contribution is 0.432. The summed E-state index contributed by atoms with van der Waals surface area (Å²) in [6.07, 6.45) is 9.56. The number of benzene rings is 2. The molecule has 0 radical (unpaired) electrons. The topological polar surface area (TPSA) is 83.8 Å². The normalized spacial score (nSPS) is 11.5. The summed E-state index contributed by atoms with van der Waals surface area (Å²) >= 11 is 0. The van der Waals surface area contributed by atoms with Crippen LogP contribution in [0.5, 0.6) is 17.2 Å². The van der Waals surface area contributed by atoms with Crippen LogP contribution in [-0.2, 0) is 16.5 Å². The molecule has 0 saturated carbocycles. The minimum Gasteiger partial charge on any atom is -0.506 e. The number of hydrogen-bond acceptors (Lipinski definition) is 4. The van der Waals surface area contributed by atoms with Crippen LogP contribution in [0.15, 0.2) is 47.4 Å². The van der Waals surface area contributed by atoms with Gasteiger partial charge in [0.05, 0.1) is 0 Å². The second kappa shape index (κ2) is 10.3. The fourth-order valence-electron chi connectivity index (χ4n) is 2.99. The summed E-state index contributed by atoms with van der Waals surface area (Å²) in [4.78, 5) is -0.536. The van der Waals surface area contributed by atoms with Crippen LogP contribution < -0.4 is 4.74 Å². The number of hydrogen-bond donors (Lipinski definition) is 2. The smallest absolute Gasteiger partial charge is 0.298 e. The van der Waals surface area contributed by atoms with Crippen LogP contribution >= 0.6 is 0 Å². The fourth-order valence-corrected chi connectivity index (χ4v) is 3.55. The van der Waals surface area contributed by atoms with Gasteiger partial charge in [-0.25, -0.2) is 0 Å². The number of aromatic hydroxyl groups is 1. The summed E-state index contributed by atoms with van der Waals surface area (Å²) in [6, 6.07) is 11.4. The molecular formula is C21H28O5S. The van der Waals surface area contributed by atoms with Gasteiger partial charge >= 0.3 is 0 Å². The van der Waals surface area contributed by atoms with Crippen molar-refractivity contribution in [1.82, 2.24) is 0 Å². The molecular weight excluding hydrogens is 364 g/mol. The van der Waals surface area contributed by atoms with Gasteiger partial charge in [-0.05, 0) is 36.6 Å². The molecule has 5 nitrogen and oxygen atoms in total. The van der Waals surface area contributed by atoms with Crippen molar-refractivity contribution >= 4 is 10.1 Å². The number of ether oxygens (including phenoxy) is 1. The van der Waals surface area contributed by atoms with Gasteiger partial charge in [-0.3, -0.25) is 4.55 Å². The van der Waals surface area contributed by atoms with Gasteiger partial charge in [0.25, 0.3) is 10.1 Å². The molecule has 0 spiro atoms. The van der Waals surface area contributed by atoms with E-state index in [0.29, 0.717) is 11.5 Å². The first-order valence-electron chi connectivity index (χ1n) is 9.48. The van der Waals surface area contributed by atoms with Gasteiger partial charge in [0.1, 0.15) is 22.1 Å². The van der Waals surface area contributed by atoms with Gasteiger partial charge in [-0.2, -0.15) is 8.42 Å². The zero-order valence-corrected chi connectivity index (χ0v) is 16.5. The third-order valence-corrected chi connectivity index (χ3v) is 5.36. The zero-order chi connectivity index (χ0) is 19.7. The van der Waals surface area contributed by atoms with Crippen LogP contribution in [0.4, 0.5) is 0 Å². The van der Waals surface area contributed by atoms with E-state index in [-0.39, 0.29) is 0 Å². The number of para-hydroxylation sites is 1. The third kappa shape index (κ3) is 6.88. The number of phenolic OH excluding ortho intramolecular Hbond substituents is 1. The highest BCUT2D eigenvalue weighted by Crippen LogP contribution is 2.32. The van der Waals surface area contributed by atoms with E-state index in [1.54, 1.807) is 0 Å². The van der Waals surface area contributed by atoms with Gasteiger partial charge < -0.3 is 9.84 Å². The van der Waals surface area contributed by atoms with Gasteiger partial charge in [0.15, 0.2) is 0 Å². The molecule has 0 atom stereocenters. The molecule has 2 N–H and O–H groups in total. The highest BCUT2D eigenvalue weighted by molar-refractivity contribution is 7.86. The minimum absolute atomic E-state index is 0.312. The van der Waals surface area contributed by atoms with E-state index in [4.69, 9.17) is 9.29 Å². The van der Waals surface area contributed by atoms with Crippen molar-refractivity contribution in [3.8, 4) is 17.2 Å². The van der Waals surface area contributed by atoms with Crippen molar-refractivity contribution in [1.29, 1.82) is 0 Å². The maximum absolute atomic E-state index is 11.2. The Bertz CT molecular complexity index is 830. The number of phenols is 1. The number of unbranched alkanes of at least 4 members (excludes halogenated alkanes) is 6.